The monoisotopic (exact) mass is 438 g/mol. The quantitative estimate of drug-likeness (QED) is 0.564. The Morgan fingerprint density at radius 1 is 0.968 bits per heavy atom. The van der Waals surface area contributed by atoms with Gasteiger partial charge in [-0.1, -0.05) is 29.8 Å². The second kappa shape index (κ2) is 9.22. The maximum absolute atomic E-state index is 12.8. The third-order valence-electron chi connectivity index (χ3n) is 5.00. The number of nitrogens with one attached hydrogen (secondary N) is 2. The fraction of sp³-hybridized carbons (Fsp3) is 0.208. The van der Waals surface area contributed by atoms with Crippen LogP contribution in [0.5, 0.6) is 5.75 Å². The number of amides is 1. The molecule has 0 unspecified atom stereocenters. The van der Waals surface area contributed by atoms with Crippen LogP contribution in [0.3, 0.4) is 0 Å². The van der Waals surface area contributed by atoms with Gasteiger partial charge in [0.2, 0.25) is 0 Å². The number of carbonyl (C=O) groups excluding carboxylic acids is 1. The lowest BCUT2D eigenvalue weighted by molar-refractivity contribution is 0.0940. The maximum Gasteiger partial charge on any atom is 0.261 e. The smallest absolute Gasteiger partial charge is 0.261 e. The lowest BCUT2D eigenvalue weighted by atomic mass is 9.99. The highest BCUT2D eigenvalue weighted by Crippen LogP contribution is 2.22. The van der Waals surface area contributed by atoms with E-state index in [9.17, 15) is 13.2 Å². The molecule has 0 aliphatic heterocycles. The SMILES string of the molecule is COc1ccc(S(=O)(=O)Nc2cccc(C(=O)N[C@@H](C)c3cc(C)ccc3C)c2)cc1. The number of anilines is 1. The fourth-order valence-electron chi connectivity index (χ4n) is 3.28. The van der Waals surface area contributed by atoms with Gasteiger partial charge in [0.15, 0.2) is 0 Å². The minimum atomic E-state index is -3.79. The van der Waals surface area contributed by atoms with Crippen molar-refractivity contribution >= 4 is 21.6 Å². The first-order valence-electron chi connectivity index (χ1n) is 9.84. The summed E-state index contributed by atoms with van der Waals surface area (Å²) in [6, 6.07) is 18.4. The van der Waals surface area contributed by atoms with Crippen LogP contribution in [0.15, 0.2) is 71.6 Å². The second-order valence-corrected chi connectivity index (χ2v) is 9.10. The number of ether oxygens (including phenoxy) is 1. The zero-order chi connectivity index (χ0) is 22.6. The van der Waals surface area contributed by atoms with Crippen molar-refractivity contribution in [3.63, 3.8) is 0 Å². The van der Waals surface area contributed by atoms with E-state index in [1.54, 1.807) is 30.3 Å². The lowest BCUT2D eigenvalue weighted by Crippen LogP contribution is -2.27. The molecule has 0 fully saturated rings. The van der Waals surface area contributed by atoms with Gasteiger partial charge < -0.3 is 10.1 Å². The normalized spacial score (nSPS) is 12.1. The molecule has 31 heavy (non-hydrogen) atoms. The number of carbonyl (C=O) groups is 1. The molecule has 0 saturated heterocycles. The first-order chi connectivity index (χ1) is 14.7. The topological polar surface area (TPSA) is 84.5 Å². The van der Waals surface area contributed by atoms with Crippen molar-refractivity contribution in [1.29, 1.82) is 0 Å². The summed E-state index contributed by atoms with van der Waals surface area (Å²) in [5, 5.41) is 2.98. The van der Waals surface area contributed by atoms with E-state index in [0.717, 1.165) is 16.7 Å². The standard InChI is InChI=1S/C24H26N2O4S/c1-16-8-9-17(2)23(14-16)18(3)25-24(27)19-6-5-7-20(15-19)26-31(28,29)22-12-10-21(30-4)11-13-22/h5-15,18,26H,1-4H3,(H,25,27)/t18-/m0/s1. The first-order valence-corrected chi connectivity index (χ1v) is 11.3. The minimum Gasteiger partial charge on any atom is -0.497 e. The Bertz CT molecular complexity index is 1190. The van der Waals surface area contributed by atoms with Crippen LogP contribution in [0.2, 0.25) is 0 Å². The average Bonchev–Trinajstić information content (AvgIpc) is 2.75. The van der Waals surface area contributed by atoms with Crippen LogP contribution in [0.4, 0.5) is 5.69 Å². The molecule has 3 aromatic carbocycles. The lowest BCUT2D eigenvalue weighted by Gasteiger charge is -2.18. The van der Waals surface area contributed by atoms with E-state index in [1.165, 1.54) is 25.3 Å². The van der Waals surface area contributed by atoms with Crippen molar-refractivity contribution in [3.05, 3.63) is 89.0 Å². The molecule has 6 nitrogen and oxygen atoms in total. The molecular weight excluding hydrogens is 412 g/mol. The van der Waals surface area contributed by atoms with E-state index in [0.29, 0.717) is 17.0 Å². The molecule has 2 N–H and O–H groups in total. The Morgan fingerprint density at radius 2 is 1.68 bits per heavy atom. The maximum atomic E-state index is 12.8. The Hall–Kier alpha value is -3.32. The van der Waals surface area contributed by atoms with Crippen molar-refractivity contribution in [3.8, 4) is 5.75 Å². The molecule has 3 rings (SSSR count). The molecule has 1 amide bonds. The highest BCUT2D eigenvalue weighted by Gasteiger charge is 2.17. The van der Waals surface area contributed by atoms with Crippen molar-refractivity contribution < 1.29 is 17.9 Å². The molecule has 0 heterocycles. The van der Waals surface area contributed by atoms with Crippen molar-refractivity contribution in [2.75, 3.05) is 11.8 Å². The number of sulfonamides is 1. The van der Waals surface area contributed by atoms with E-state index in [4.69, 9.17) is 4.74 Å². The zero-order valence-corrected chi connectivity index (χ0v) is 18.8. The largest absolute Gasteiger partial charge is 0.497 e. The van der Waals surface area contributed by atoms with Crippen LogP contribution < -0.4 is 14.8 Å². The van der Waals surface area contributed by atoms with Crippen LogP contribution in [0.1, 0.15) is 40.0 Å². The van der Waals surface area contributed by atoms with Gasteiger partial charge in [0.25, 0.3) is 15.9 Å². The summed E-state index contributed by atoms with van der Waals surface area (Å²) in [4.78, 5) is 12.9. The summed E-state index contributed by atoms with van der Waals surface area (Å²) in [6.45, 7) is 5.94. The summed E-state index contributed by atoms with van der Waals surface area (Å²) in [5.74, 6) is 0.287. The molecule has 0 saturated carbocycles. The van der Waals surface area contributed by atoms with Gasteiger partial charge in [-0.2, -0.15) is 0 Å². The van der Waals surface area contributed by atoms with Crippen molar-refractivity contribution in [1.82, 2.24) is 5.32 Å². The predicted molar refractivity (Wildman–Crippen MR) is 122 cm³/mol. The van der Waals surface area contributed by atoms with Gasteiger partial charge in [0.1, 0.15) is 5.75 Å². The van der Waals surface area contributed by atoms with Crippen molar-refractivity contribution in [2.24, 2.45) is 0 Å². The summed E-state index contributed by atoms with van der Waals surface area (Å²) >= 11 is 0. The van der Waals surface area contributed by atoms with Gasteiger partial charge in [-0.25, -0.2) is 8.42 Å². The third kappa shape index (κ3) is 5.44. The van der Waals surface area contributed by atoms with Gasteiger partial charge in [0.05, 0.1) is 18.0 Å². The molecule has 0 radical (unpaired) electrons. The molecule has 3 aromatic rings. The number of rotatable bonds is 7. The third-order valence-corrected chi connectivity index (χ3v) is 6.39. The second-order valence-electron chi connectivity index (χ2n) is 7.42. The van der Waals surface area contributed by atoms with E-state index in [-0.39, 0.29) is 16.8 Å². The van der Waals surface area contributed by atoms with E-state index in [2.05, 4.69) is 16.1 Å². The molecule has 162 valence electrons. The van der Waals surface area contributed by atoms with Gasteiger partial charge in [-0.15, -0.1) is 0 Å². The molecule has 1 atom stereocenters. The number of aryl methyl sites for hydroxylation is 2. The zero-order valence-electron chi connectivity index (χ0n) is 18.0. The summed E-state index contributed by atoms with van der Waals surface area (Å²) < 4.78 is 32.9. The van der Waals surface area contributed by atoms with Crippen LogP contribution in [0, 0.1) is 13.8 Å². The van der Waals surface area contributed by atoms with Crippen LogP contribution in [0.25, 0.3) is 0 Å². The summed E-state index contributed by atoms with van der Waals surface area (Å²) in [7, 11) is -2.28. The van der Waals surface area contributed by atoms with E-state index >= 15 is 0 Å². The van der Waals surface area contributed by atoms with Crippen molar-refractivity contribution in [2.45, 2.75) is 31.7 Å². The van der Waals surface area contributed by atoms with Gasteiger partial charge >= 0.3 is 0 Å². The average molecular weight is 439 g/mol. The van der Waals surface area contributed by atoms with Crippen LogP contribution in [-0.2, 0) is 10.0 Å². The molecule has 0 aliphatic carbocycles. The Balaban J connectivity index is 1.76. The Morgan fingerprint density at radius 3 is 2.35 bits per heavy atom. The number of methoxy groups -OCH3 is 1. The van der Waals surface area contributed by atoms with Gasteiger partial charge in [-0.3, -0.25) is 9.52 Å². The molecule has 0 aromatic heterocycles. The molecule has 0 bridgehead atoms. The van der Waals surface area contributed by atoms with Gasteiger partial charge in [0, 0.05) is 11.3 Å². The number of benzene rings is 3. The highest BCUT2D eigenvalue weighted by molar-refractivity contribution is 7.92. The number of hydrogen-bond donors (Lipinski definition) is 2. The molecule has 0 spiro atoms. The molecule has 0 aliphatic rings. The first kappa shape index (κ1) is 22.4. The van der Waals surface area contributed by atoms with Gasteiger partial charge in [-0.05, 0) is 74.4 Å². The van der Waals surface area contributed by atoms with Crippen LogP contribution in [-0.4, -0.2) is 21.4 Å². The highest BCUT2D eigenvalue weighted by atomic mass is 32.2. The van der Waals surface area contributed by atoms with E-state index < -0.39 is 10.0 Å². The van der Waals surface area contributed by atoms with E-state index in [1.807, 2.05) is 32.9 Å². The molecule has 7 heteroatoms. The summed E-state index contributed by atoms with van der Waals surface area (Å²) in [6.07, 6.45) is 0. The molecular formula is C24H26N2O4S. The Kier molecular flexibility index (Phi) is 6.65. The summed E-state index contributed by atoms with van der Waals surface area (Å²) in [5.41, 5.74) is 3.94. The fourth-order valence-corrected chi connectivity index (χ4v) is 4.33. The predicted octanol–water partition coefficient (Wildman–Crippen LogP) is 4.60. The van der Waals surface area contributed by atoms with Crippen LogP contribution >= 0.6 is 0 Å². The minimum absolute atomic E-state index is 0.103. The Labute approximate surface area is 183 Å². The number of hydrogen-bond acceptors (Lipinski definition) is 4.